The molecule has 0 fully saturated rings. The molecule has 0 saturated carbocycles. The van der Waals surface area contributed by atoms with Gasteiger partial charge < -0.3 is 15.5 Å². The number of carbonyl (C=O) groups excluding carboxylic acids is 1. The molecule has 1 heterocycles. The van der Waals surface area contributed by atoms with Crippen LogP contribution in [0.3, 0.4) is 0 Å². The maximum Gasteiger partial charge on any atom is 0.251 e. The standard InChI is InChI=1S/C15H25ClN4O/c1-5-17-14-10-12(9-13(16)19-14)15(21)18-7-6-8-20(4)11(2)3/h9-11H,5-8H2,1-4H3,(H,17,19)(H,18,21). The quantitative estimate of drug-likeness (QED) is 0.572. The number of hydrogen-bond donors (Lipinski definition) is 2. The third-order valence-corrected chi connectivity index (χ3v) is 3.46. The van der Waals surface area contributed by atoms with Gasteiger partial charge in [-0.15, -0.1) is 0 Å². The van der Waals surface area contributed by atoms with Gasteiger partial charge in [0.15, 0.2) is 0 Å². The SMILES string of the molecule is CCNc1cc(C(=O)NCCCN(C)C(C)C)cc(Cl)n1. The van der Waals surface area contributed by atoms with Crippen molar-refractivity contribution in [3.05, 3.63) is 22.8 Å². The molecule has 2 N–H and O–H groups in total. The summed E-state index contributed by atoms with van der Waals surface area (Å²) in [5.74, 6) is 0.500. The lowest BCUT2D eigenvalue weighted by Crippen LogP contribution is -2.31. The Kier molecular flexibility index (Phi) is 7.47. The molecule has 0 aliphatic carbocycles. The van der Waals surface area contributed by atoms with Crippen molar-refractivity contribution >= 4 is 23.3 Å². The number of amides is 1. The van der Waals surface area contributed by atoms with E-state index in [2.05, 4.69) is 41.4 Å². The zero-order chi connectivity index (χ0) is 15.8. The van der Waals surface area contributed by atoms with Crippen molar-refractivity contribution in [2.24, 2.45) is 0 Å². The number of hydrogen-bond acceptors (Lipinski definition) is 4. The van der Waals surface area contributed by atoms with Gasteiger partial charge in [-0.25, -0.2) is 4.98 Å². The molecule has 0 radical (unpaired) electrons. The Bertz CT molecular complexity index is 465. The molecule has 1 aromatic rings. The van der Waals surface area contributed by atoms with Crippen molar-refractivity contribution in [2.75, 3.05) is 32.0 Å². The van der Waals surface area contributed by atoms with E-state index in [9.17, 15) is 4.79 Å². The number of anilines is 1. The van der Waals surface area contributed by atoms with E-state index in [1.807, 2.05) is 6.92 Å². The maximum absolute atomic E-state index is 12.1. The van der Waals surface area contributed by atoms with Crippen LogP contribution in [0, 0.1) is 0 Å². The Balaban J connectivity index is 2.48. The van der Waals surface area contributed by atoms with Crippen LogP contribution in [0.2, 0.25) is 5.15 Å². The summed E-state index contributed by atoms with van der Waals surface area (Å²) >= 11 is 5.93. The normalized spacial score (nSPS) is 11.0. The number of halogens is 1. The van der Waals surface area contributed by atoms with Crippen LogP contribution in [0.5, 0.6) is 0 Å². The summed E-state index contributed by atoms with van der Waals surface area (Å²) in [7, 11) is 2.08. The van der Waals surface area contributed by atoms with Crippen LogP contribution in [0.1, 0.15) is 37.6 Å². The third kappa shape index (κ3) is 6.31. The Labute approximate surface area is 132 Å². The average Bonchev–Trinajstić information content (AvgIpc) is 2.42. The third-order valence-electron chi connectivity index (χ3n) is 3.27. The number of rotatable bonds is 8. The lowest BCUT2D eigenvalue weighted by Gasteiger charge is -2.20. The molecule has 0 atom stereocenters. The van der Waals surface area contributed by atoms with Gasteiger partial charge in [-0.2, -0.15) is 0 Å². The van der Waals surface area contributed by atoms with E-state index < -0.39 is 0 Å². The maximum atomic E-state index is 12.1. The van der Waals surface area contributed by atoms with Crippen LogP contribution in [0.4, 0.5) is 5.82 Å². The van der Waals surface area contributed by atoms with E-state index in [0.29, 0.717) is 29.1 Å². The lowest BCUT2D eigenvalue weighted by molar-refractivity contribution is 0.0951. The fourth-order valence-corrected chi connectivity index (χ4v) is 2.00. The first-order valence-corrected chi connectivity index (χ1v) is 7.71. The van der Waals surface area contributed by atoms with E-state index in [4.69, 9.17) is 11.6 Å². The second-order valence-corrected chi connectivity index (χ2v) is 5.67. The van der Waals surface area contributed by atoms with E-state index in [-0.39, 0.29) is 5.91 Å². The number of nitrogens with zero attached hydrogens (tertiary/aromatic N) is 2. The van der Waals surface area contributed by atoms with Crippen LogP contribution in [0.15, 0.2) is 12.1 Å². The van der Waals surface area contributed by atoms with Crippen LogP contribution >= 0.6 is 11.6 Å². The number of nitrogens with one attached hydrogen (secondary N) is 2. The van der Waals surface area contributed by atoms with Crippen molar-refractivity contribution in [2.45, 2.75) is 33.2 Å². The molecule has 0 aromatic carbocycles. The van der Waals surface area contributed by atoms with E-state index >= 15 is 0 Å². The second kappa shape index (κ2) is 8.85. The smallest absolute Gasteiger partial charge is 0.251 e. The van der Waals surface area contributed by atoms with Crippen LogP contribution < -0.4 is 10.6 Å². The minimum Gasteiger partial charge on any atom is -0.370 e. The second-order valence-electron chi connectivity index (χ2n) is 5.28. The predicted octanol–water partition coefficient (Wildman–Crippen LogP) is 2.63. The zero-order valence-corrected chi connectivity index (χ0v) is 14.0. The van der Waals surface area contributed by atoms with Gasteiger partial charge in [0.2, 0.25) is 0 Å². The van der Waals surface area contributed by atoms with Gasteiger partial charge >= 0.3 is 0 Å². The first-order chi connectivity index (χ1) is 9.93. The highest BCUT2D eigenvalue weighted by atomic mass is 35.5. The van der Waals surface area contributed by atoms with Gasteiger partial charge in [0.25, 0.3) is 5.91 Å². The van der Waals surface area contributed by atoms with Crippen molar-refractivity contribution in [3.8, 4) is 0 Å². The first-order valence-electron chi connectivity index (χ1n) is 7.34. The molecule has 1 aromatic heterocycles. The fraction of sp³-hybridized carbons (Fsp3) is 0.600. The summed E-state index contributed by atoms with van der Waals surface area (Å²) in [4.78, 5) is 18.5. The average molecular weight is 313 g/mol. The minimum absolute atomic E-state index is 0.120. The fourth-order valence-electron chi connectivity index (χ4n) is 1.79. The van der Waals surface area contributed by atoms with Crippen molar-refractivity contribution in [1.82, 2.24) is 15.2 Å². The molecule has 118 valence electrons. The molecule has 1 amide bonds. The topological polar surface area (TPSA) is 57.3 Å². The van der Waals surface area contributed by atoms with Crippen LogP contribution in [-0.4, -0.2) is 48.5 Å². The molecular weight excluding hydrogens is 288 g/mol. The monoisotopic (exact) mass is 312 g/mol. The van der Waals surface area contributed by atoms with E-state index in [1.165, 1.54) is 0 Å². The van der Waals surface area contributed by atoms with Crippen LogP contribution in [0.25, 0.3) is 0 Å². The molecule has 0 saturated heterocycles. The highest BCUT2D eigenvalue weighted by Gasteiger charge is 2.09. The van der Waals surface area contributed by atoms with Crippen LogP contribution in [-0.2, 0) is 0 Å². The Morgan fingerprint density at radius 2 is 2.14 bits per heavy atom. The highest BCUT2D eigenvalue weighted by molar-refractivity contribution is 6.29. The number of pyridine rings is 1. The van der Waals surface area contributed by atoms with E-state index in [0.717, 1.165) is 19.5 Å². The van der Waals surface area contributed by atoms with Gasteiger partial charge in [-0.1, -0.05) is 11.6 Å². The molecule has 1 rings (SSSR count). The molecule has 0 spiro atoms. The summed E-state index contributed by atoms with van der Waals surface area (Å²) in [5.41, 5.74) is 0.531. The molecule has 5 nitrogen and oxygen atoms in total. The lowest BCUT2D eigenvalue weighted by atomic mass is 10.2. The molecule has 0 bridgehead atoms. The number of aromatic nitrogens is 1. The Morgan fingerprint density at radius 3 is 2.76 bits per heavy atom. The molecule has 0 unspecified atom stereocenters. The summed E-state index contributed by atoms with van der Waals surface area (Å²) in [6.45, 7) is 8.60. The minimum atomic E-state index is -0.120. The van der Waals surface area contributed by atoms with Crippen molar-refractivity contribution in [1.29, 1.82) is 0 Å². The summed E-state index contributed by atoms with van der Waals surface area (Å²) in [6.07, 6.45) is 0.916. The molecule has 21 heavy (non-hydrogen) atoms. The van der Waals surface area contributed by atoms with Crippen molar-refractivity contribution < 1.29 is 4.79 Å². The van der Waals surface area contributed by atoms with Gasteiger partial charge in [-0.3, -0.25) is 4.79 Å². The first kappa shape index (κ1) is 17.7. The van der Waals surface area contributed by atoms with Gasteiger partial charge in [0.05, 0.1) is 0 Å². The summed E-state index contributed by atoms with van der Waals surface area (Å²) < 4.78 is 0. The molecule has 0 aliphatic heterocycles. The van der Waals surface area contributed by atoms with Crippen molar-refractivity contribution in [3.63, 3.8) is 0 Å². The number of carbonyl (C=O) groups is 1. The van der Waals surface area contributed by atoms with Gasteiger partial charge in [0.1, 0.15) is 11.0 Å². The molecular formula is C15H25ClN4O. The highest BCUT2D eigenvalue weighted by Crippen LogP contribution is 2.14. The van der Waals surface area contributed by atoms with E-state index in [1.54, 1.807) is 12.1 Å². The molecule has 0 aliphatic rings. The predicted molar refractivity (Wildman–Crippen MR) is 88.1 cm³/mol. The summed E-state index contributed by atoms with van der Waals surface area (Å²) in [5, 5.41) is 6.28. The zero-order valence-electron chi connectivity index (χ0n) is 13.2. The van der Waals surface area contributed by atoms with Gasteiger partial charge in [-0.05, 0) is 52.9 Å². The Hall–Kier alpha value is -1.33. The summed E-state index contributed by atoms with van der Waals surface area (Å²) in [6, 6.07) is 3.81. The van der Waals surface area contributed by atoms with Gasteiger partial charge in [0, 0.05) is 24.7 Å². The largest absolute Gasteiger partial charge is 0.370 e. The Morgan fingerprint density at radius 1 is 1.43 bits per heavy atom. The molecule has 6 heteroatoms.